The van der Waals surface area contributed by atoms with Gasteiger partial charge in [0.25, 0.3) is 0 Å². The van der Waals surface area contributed by atoms with E-state index in [1.807, 2.05) is 21.3 Å². The molecule has 0 atom stereocenters. The van der Waals surface area contributed by atoms with Gasteiger partial charge in [0.05, 0.1) is 0 Å². The first-order valence-corrected chi connectivity index (χ1v) is 18.8. The van der Waals surface area contributed by atoms with Gasteiger partial charge in [0.15, 0.2) is 0 Å². The predicted octanol–water partition coefficient (Wildman–Crippen LogP) is -0.725. The molecule has 0 aromatic carbocycles. The third-order valence-corrected chi connectivity index (χ3v) is 55.2. The molecule has 0 fully saturated rings. The molecular weight excluding hydrogens is 275 g/mol. The Morgan fingerprint density at radius 1 is 0.588 bits per heavy atom. The van der Waals surface area contributed by atoms with E-state index in [1.54, 1.807) is 0 Å². The van der Waals surface area contributed by atoms with Crippen molar-refractivity contribution in [1.29, 1.82) is 0 Å². The average Bonchev–Trinajstić information content (AvgIpc) is 2.16. The van der Waals surface area contributed by atoms with Gasteiger partial charge in [0.1, 0.15) is 0 Å². The first-order chi connectivity index (χ1) is 7.05. The molecule has 0 aromatic rings. The molecule has 0 aliphatic rings. The molecule has 0 saturated carbocycles. The van der Waals surface area contributed by atoms with Gasteiger partial charge in [-0.05, 0) is 0 Å². The van der Waals surface area contributed by atoms with E-state index >= 15 is 0 Å². The van der Waals surface area contributed by atoms with Crippen molar-refractivity contribution in [2.75, 3.05) is 21.3 Å². The first-order valence-electron chi connectivity index (χ1n) is 5.59. The Hall–Kier alpha value is 1.34. The second kappa shape index (κ2) is 7.21. The van der Waals surface area contributed by atoms with Crippen LogP contribution in [0.1, 0.15) is 0 Å². The SMILES string of the molecule is CO[Si](C)(C)[Si-]([Si](C)(C)OC)[Si](C)(C)OC.[Li+]. The Labute approximate surface area is 123 Å². The van der Waals surface area contributed by atoms with Crippen LogP contribution in [0, 0.1) is 0 Å². The maximum Gasteiger partial charge on any atom is 1.00 e. The summed E-state index contributed by atoms with van der Waals surface area (Å²) in [6.45, 7) is 13.9. The molecule has 0 aliphatic carbocycles. The fourth-order valence-electron chi connectivity index (χ4n) is 2.48. The third kappa shape index (κ3) is 5.08. The summed E-state index contributed by atoms with van der Waals surface area (Å²) < 4.78 is 17.6. The van der Waals surface area contributed by atoms with E-state index in [4.69, 9.17) is 13.3 Å². The van der Waals surface area contributed by atoms with Crippen LogP contribution in [0.15, 0.2) is 0 Å². The van der Waals surface area contributed by atoms with Crippen LogP contribution in [0.5, 0.6) is 0 Å². The zero-order chi connectivity index (χ0) is 13.2. The van der Waals surface area contributed by atoms with E-state index < -0.39 is 30.9 Å². The minimum absolute atomic E-state index is 0. The molecule has 0 aromatic heterocycles. The molecule has 0 saturated heterocycles. The van der Waals surface area contributed by atoms with Gasteiger partial charge >= 0.3 is 18.9 Å². The normalized spacial score (nSPS) is 13.8. The van der Waals surface area contributed by atoms with Gasteiger partial charge in [-0.3, -0.25) is 0 Å². The Morgan fingerprint density at radius 3 is 0.882 bits per heavy atom. The first kappa shape index (κ1) is 20.7. The quantitative estimate of drug-likeness (QED) is 0.606. The van der Waals surface area contributed by atoms with Crippen molar-refractivity contribution in [3.63, 3.8) is 0 Å². The summed E-state index contributed by atoms with van der Waals surface area (Å²) in [4.78, 5) is 0. The van der Waals surface area contributed by atoms with Gasteiger partial charge in [-0.2, -0.15) is 7.35 Å². The summed E-state index contributed by atoms with van der Waals surface area (Å²) in [5.41, 5.74) is 0. The second-order valence-electron chi connectivity index (χ2n) is 5.52. The largest absolute Gasteiger partial charge is 1.00 e. The monoisotopic (exact) mass is 302 g/mol. The third-order valence-electron chi connectivity index (χ3n) is 3.34. The average molecular weight is 303 g/mol. The summed E-state index contributed by atoms with van der Waals surface area (Å²) in [7, 11) is -0.0336. The van der Waals surface area contributed by atoms with Crippen molar-refractivity contribution in [1.82, 2.24) is 0 Å². The van der Waals surface area contributed by atoms with Crippen LogP contribution in [-0.2, 0) is 13.3 Å². The summed E-state index contributed by atoms with van der Waals surface area (Å²) in [5, 5.41) is 0. The zero-order valence-electron chi connectivity index (χ0n) is 13.2. The Kier molecular flexibility index (Phi) is 8.77. The van der Waals surface area contributed by atoms with Gasteiger partial charge < -0.3 is 13.3 Å². The van der Waals surface area contributed by atoms with Crippen molar-refractivity contribution in [3.8, 4) is 0 Å². The molecule has 0 aliphatic heterocycles. The molecule has 0 rings (SSSR count). The van der Waals surface area contributed by atoms with Crippen LogP contribution in [0.3, 0.4) is 0 Å². The van der Waals surface area contributed by atoms with E-state index in [1.165, 1.54) is 0 Å². The van der Waals surface area contributed by atoms with Crippen LogP contribution in [0.4, 0.5) is 0 Å². The van der Waals surface area contributed by atoms with Crippen LogP contribution >= 0.6 is 0 Å². The molecule has 0 radical (unpaired) electrons. The van der Waals surface area contributed by atoms with Crippen LogP contribution in [-0.4, -0.2) is 52.2 Å². The molecule has 0 spiro atoms. The van der Waals surface area contributed by atoms with Crippen molar-refractivity contribution in [2.45, 2.75) is 39.3 Å². The molecule has 8 heteroatoms. The molecular formula is C9H27LiO3Si4. The van der Waals surface area contributed by atoms with Crippen molar-refractivity contribution < 1.29 is 32.1 Å². The number of hydrogen-bond donors (Lipinski definition) is 0. The standard InChI is InChI=1S/C9H27O3Si4.Li/c1-10-14(4,5)13(15(6,7)11-2)16(8,9)12-3;/h1-9H3;/q-1;+1. The summed E-state index contributed by atoms with van der Waals surface area (Å²) in [6.07, 6.45) is 0. The molecule has 0 bridgehead atoms. The van der Waals surface area contributed by atoms with E-state index in [-0.39, 0.29) is 18.9 Å². The van der Waals surface area contributed by atoms with Crippen LogP contribution in [0.25, 0.3) is 0 Å². The molecule has 3 nitrogen and oxygen atoms in total. The fourth-order valence-corrected chi connectivity index (χ4v) is 67.0. The smallest absolute Gasteiger partial charge is 0.456 e. The van der Waals surface area contributed by atoms with E-state index in [9.17, 15) is 0 Å². The topological polar surface area (TPSA) is 27.7 Å². The number of rotatable bonds is 6. The van der Waals surface area contributed by atoms with E-state index in [0.29, 0.717) is 0 Å². The van der Waals surface area contributed by atoms with Gasteiger partial charge in [-0.1, -0.05) is 39.3 Å². The Balaban J connectivity index is 0. The van der Waals surface area contributed by atoms with Crippen molar-refractivity contribution in [3.05, 3.63) is 0 Å². The molecule has 17 heavy (non-hydrogen) atoms. The summed E-state index contributed by atoms with van der Waals surface area (Å²) >= 11 is 0. The zero-order valence-corrected chi connectivity index (χ0v) is 17.2. The summed E-state index contributed by atoms with van der Waals surface area (Å²) in [5.74, 6) is 0. The van der Waals surface area contributed by atoms with Crippen LogP contribution in [0.2, 0.25) is 39.3 Å². The Bertz CT molecular complexity index is 198. The molecule has 98 valence electrons. The second-order valence-corrected chi connectivity index (χ2v) is 36.4. The Morgan fingerprint density at radius 2 is 0.765 bits per heavy atom. The summed E-state index contributed by atoms with van der Waals surface area (Å²) in [6, 6.07) is 0. The van der Waals surface area contributed by atoms with Gasteiger partial charge in [-0.15, -0.1) is 0 Å². The molecule has 0 amide bonds. The molecule has 0 heterocycles. The van der Waals surface area contributed by atoms with Gasteiger partial charge in [-0.25, -0.2) is 0 Å². The van der Waals surface area contributed by atoms with Crippen molar-refractivity contribution in [2.24, 2.45) is 0 Å². The maximum atomic E-state index is 5.87. The fraction of sp³-hybridized carbons (Fsp3) is 1.00. The minimum Gasteiger partial charge on any atom is -0.456 e. The van der Waals surface area contributed by atoms with Gasteiger partial charge in [0, 0.05) is 44.8 Å². The van der Waals surface area contributed by atoms with E-state index in [0.717, 1.165) is 0 Å². The minimum atomic E-state index is -1.64. The molecule has 0 unspecified atom stereocenters. The van der Waals surface area contributed by atoms with Crippen molar-refractivity contribution >= 4 is 30.9 Å². The maximum absolute atomic E-state index is 5.87. The predicted molar refractivity (Wildman–Crippen MR) is 79.2 cm³/mol. The number of hydrogen-bond acceptors (Lipinski definition) is 3. The van der Waals surface area contributed by atoms with Gasteiger partial charge in [0.2, 0.25) is 0 Å². The molecule has 0 N–H and O–H groups in total. The van der Waals surface area contributed by atoms with Crippen LogP contribution < -0.4 is 18.9 Å². The van der Waals surface area contributed by atoms with E-state index in [2.05, 4.69) is 39.3 Å².